The molecular weight excluding hydrogens is 1050 g/mol. The number of likely N-dealkylation sites (N-methyl/N-ethyl adjacent to an activating group) is 1. The first kappa shape index (κ1) is 60.0. The summed E-state index contributed by atoms with van der Waals surface area (Å²) in [6, 6.07) is 29.8. The number of phenols is 2. The van der Waals surface area contributed by atoms with Crippen molar-refractivity contribution >= 4 is 49.6 Å². The van der Waals surface area contributed by atoms with Crippen LogP contribution in [-0.2, 0) is 41.6 Å². The van der Waals surface area contributed by atoms with Gasteiger partial charge >= 0.3 is 6.09 Å². The fourth-order valence-corrected chi connectivity index (χ4v) is 9.51. The SMILES string of the molecule is CNC(=O)[C@@H](NC(=O)[C@H](NC(=O)[C@H](NC(=O)[C@@H](NC(=O)OCc1ccccc1)c1cc(OC)c(C)c(OCc2ccccc2)c1)c1cc(O)c(OC)c(O)c1)c1ccc(OC)cc1)[C@H](O[Si](C)(C)C(C)(C)C)c1ccc(Cl)cc1. The van der Waals surface area contributed by atoms with Gasteiger partial charge in [-0.3, -0.25) is 19.2 Å². The zero-order valence-electron chi connectivity index (χ0n) is 45.8. The molecule has 5 amide bonds. The molecule has 6 rings (SSSR count). The lowest BCUT2D eigenvalue weighted by Gasteiger charge is -2.41. The minimum absolute atomic E-state index is 0.128. The van der Waals surface area contributed by atoms with E-state index >= 15 is 14.4 Å². The standard InChI is InChI=1S/C59H68ClN5O13Si/c1-35-46(74-7)31-41(32-47(35)76-33-36-17-13-11-14-18-36)50(65-58(72)77-34-37-19-15-12-16-20-37)57(71)63-49(40-29-44(66)53(75-8)45(67)30-40)56(70)62-48(38-23-27-43(73-6)28-24-38)55(69)64-51(54(68)61-5)52(39-21-25-42(60)26-22-39)78-79(9,10)59(2,3)4/h11-32,48-52,66-67H,33-34H2,1-10H3,(H,61,68)(H,62,70)(H,63,71)(H,64,69)(H,65,72)/t48-,49-,50+,51+,52-/m1/s1. The molecule has 0 radical (unpaired) electrons. The van der Waals surface area contributed by atoms with Gasteiger partial charge in [-0.25, -0.2) is 4.79 Å². The topological polar surface area (TPSA) is 241 Å². The first-order chi connectivity index (χ1) is 37.6. The van der Waals surface area contributed by atoms with Gasteiger partial charge in [-0.05, 0) is 107 Å². The average Bonchev–Trinajstić information content (AvgIpc) is 3.53. The van der Waals surface area contributed by atoms with E-state index in [-0.39, 0.29) is 46.4 Å². The minimum atomic E-state index is -2.73. The number of hydrogen-bond donors (Lipinski definition) is 7. The van der Waals surface area contributed by atoms with E-state index in [0.717, 1.165) is 17.7 Å². The summed E-state index contributed by atoms with van der Waals surface area (Å²) in [4.78, 5) is 73.6. The fourth-order valence-electron chi connectivity index (χ4n) is 8.12. The molecule has 0 saturated heterocycles. The van der Waals surface area contributed by atoms with E-state index in [1.165, 1.54) is 46.6 Å². The molecule has 6 aromatic carbocycles. The van der Waals surface area contributed by atoms with Gasteiger partial charge in [0.15, 0.2) is 19.8 Å². The van der Waals surface area contributed by atoms with Crippen molar-refractivity contribution in [3.63, 3.8) is 0 Å². The normalized spacial score (nSPS) is 13.3. The summed E-state index contributed by atoms with van der Waals surface area (Å²) < 4.78 is 35.1. The number of aromatic hydroxyl groups is 2. The second-order valence-corrected chi connectivity index (χ2v) is 25.2. The third-order valence-corrected chi connectivity index (χ3v) is 18.3. The van der Waals surface area contributed by atoms with E-state index in [1.807, 2.05) is 64.2 Å². The first-order valence-electron chi connectivity index (χ1n) is 25.2. The molecule has 20 heteroatoms. The predicted octanol–water partition coefficient (Wildman–Crippen LogP) is 9.34. The van der Waals surface area contributed by atoms with Crippen molar-refractivity contribution in [2.75, 3.05) is 28.4 Å². The molecule has 418 valence electrons. The Morgan fingerprint density at radius 1 is 0.582 bits per heavy atom. The average molecular weight is 1120 g/mol. The lowest BCUT2D eigenvalue weighted by atomic mass is 9.98. The highest BCUT2D eigenvalue weighted by atomic mass is 35.5. The third kappa shape index (κ3) is 15.5. The number of methoxy groups -OCH3 is 3. The quantitative estimate of drug-likeness (QED) is 0.0296. The predicted molar refractivity (Wildman–Crippen MR) is 301 cm³/mol. The maximum Gasteiger partial charge on any atom is 0.408 e. The molecule has 5 atom stereocenters. The molecule has 7 N–H and O–H groups in total. The number of benzene rings is 6. The van der Waals surface area contributed by atoms with Crippen LogP contribution in [-0.4, -0.2) is 82.7 Å². The van der Waals surface area contributed by atoms with Crippen LogP contribution >= 0.6 is 11.6 Å². The van der Waals surface area contributed by atoms with Crippen LogP contribution in [0.5, 0.6) is 34.5 Å². The first-order valence-corrected chi connectivity index (χ1v) is 28.5. The van der Waals surface area contributed by atoms with Crippen LogP contribution in [0.15, 0.2) is 133 Å². The molecule has 0 heterocycles. The van der Waals surface area contributed by atoms with Gasteiger partial charge in [-0.1, -0.05) is 117 Å². The molecule has 0 aliphatic carbocycles. The Balaban J connectivity index is 1.45. The summed E-state index contributed by atoms with van der Waals surface area (Å²) in [5.41, 5.74) is 2.74. The molecule has 0 unspecified atom stereocenters. The molecule has 0 spiro atoms. The van der Waals surface area contributed by atoms with E-state index in [1.54, 1.807) is 79.7 Å². The number of carbonyl (C=O) groups is 5. The van der Waals surface area contributed by atoms with E-state index in [9.17, 15) is 19.8 Å². The summed E-state index contributed by atoms with van der Waals surface area (Å²) >= 11 is 6.32. The number of rotatable bonds is 23. The molecule has 0 aromatic heterocycles. The van der Waals surface area contributed by atoms with Gasteiger partial charge in [0, 0.05) is 17.6 Å². The van der Waals surface area contributed by atoms with Crippen molar-refractivity contribution in [2.24, 2.45) is 0 Å². The maximum absolute atomic E-state index is 15.3. The van der Waals surface area contributed by atoms with Crippen molar-refractivity contribution in [3.8, 4) is 34.5 Å². The second-order valence-electron chi connectivity index (χ2n) is 20.0. The highest BCUT2D eigenvalue weighted by molar-refractivity contribution is 6.74. The number of hydrogen-bond acceptors (Lipinski definition) is 13. The van der Waals surface area contributed by atoms with Crippen LogP contribution < -0.4 is 45.5 Å². The lowest BCUT2D eigenvalue weighted by molar-refractivity contribution is -0.135. The minimum Gasteiger partial charge on any atom is -0.504 e. The Labute approximate surface area is 466 Å². The summed E-state index contributed by atoms with van der Waals surface area (Å²) in [5, 5.41) is 36.0. The fraction of sp³-hybridized carbons (Fsp3) is 0.305. The molecule has 6 aromatic rings. The van der Waals surface area contributed by atoms with Crippen LogP contribution in [0.25, 0.3) is 0 Å². The number of halogens is 1. The van der Waals surface area contributed by atoms with Gasteiger partial charge in [0.1, 0.15) is 54.6 Å². The van der Waals surface area contributed by atoms with Crippen molar-refractivity contribution < 1.29 is 62.3 Å². The summed E-state index contributed by atoms with van der Waals surface area (Å²) in [6.45, 7) is 11.8. The van der Waals surface area contributed by atoms with Gasteiger partial charge in [0.05, 0.1) is 27.4 Å². The van der Waals surface area contributed by atoms with Crippen LogP contribution in [0, 0.1) is 6.92 Å². The number of alkyl carbamates (subject to hydrolysis) is 1. The smallest absolute Gasteiger partial charge is 0.408 e. The van der Waals surface area contributed by atoms with E-state index in [4.69, 9.17) is 39.7 Å². The van der Waals surface area contributed by atoms with Crippen LogP contribution in [0.3, 0.4) is 0 Å². The molecule has 0 fully saturated rings. The molecule has 0 bridgehead atoms. The second kappa shape index (κ2) is 26.9. The van der Waals surface area contributed by atoms with E-state index in [0.29, 0.717) is 33.2 Å². The van der Waals surface area contributed by atoms with Crippen LogP contribution in [0.4, 0.5) is 4.79 Å². The Morgan fingerprint density at radius 3 is 1.59 bits per heavy atom. The van der Waals surface area contributed by atoms with Crippen molar-refractivity contribution in [3.05, 3.63) is 177 Å². The molecule has 0 saturated carbocycles. The van der Waals surface area contributed by atoms with Crippen LogP contribution in [0.2, 0.25) is 23.2 Å². The van der Waals surface area contributed by atoms with Crippen molar-refractivity contribution in [2.45, 2.75) is 89.3 Å². The molecule has 18 nitrogen and oxygen atoms in total. The third-order valence-electron chi connectivity index (χ3n) is 13.6. The van der Waals surface area contributed by atoms with Crippen molar-refractivity contribution in [1.82, 2.24) is 26.6 Å². The molecular formula is C59H68ClN5O13Si. The van der Waals surface area contributed by atoms with Gasteiger partial charge in [-0.15, -0.1) is 0 Å². The summed E-state index contributed by atoms with van der Waals surface area (Å²) in [6.07, 6.45) is -2.09. The maximum atomic E-state index is 15.3. The zero-order chi connectivity index (χ0) is 57.6. The highest BCUT2D eigenvalue weighted by Gasteiger charge is 2.44. The Hall–Kier alpha value is -8.26. The molecule has 0 aliphatic rings. The monoisotopic (exact) mass is 1120 g/mol. The number of carbonyl (C=O) groups excluding carboxylic acids is 5. The number of ether oxygens (including phenoxy) is 5. The Morgan fingerprint density at radius 2 is 1.08 bits per heavy atom. The summed E-state index contributed by atoms with van der Waals surface area (Å²) in [7, 11) is 2.78. The van der Waals surface area contributed by atoms with Crippen molar-refractivity contribution in [1.29, 1.82) is 0 Å². The van der Waals surface area contributed by atoms with Gasteiger partial charge in [0.2, 0.25) is 29.4 Å². The van der Waals surface area contributed by atoms with Gasteiger partial charge in [0.25, 0.3) is 0 Å². The van der Waals surface area contributed by atoms with E-state index < -0.39 is 79.8 Å². The number of nitrogens with one attached hydrogen (secondary N) is 5. The number of amides is 5. The Bertz CT molecular complexity index is 3050. The Kier molecular flexibility index (Phi) is 20.4. The molecule has 79 heavy (non-hydrogen) atoms. The number of phenolic OH excluding ortho intramolecular Hbond substituents is 2. The molecule has 0 aliphatic heterocycles. The summed E-state index contributed by atoms with van der Waals surface area (Å²) in [5.74, 6) is -4.13. The van der Waals surface area contributed by atoms with Gasteiger partial charge in [-0.2, -0.15) is 0 Å². The highest BCUT2D eigenvalue weighted by Crippen LogP contribution is 2.42. The lowest BCUT2D eigenvalue weighted by Crippen LogP contribution is -2.56. The zero-order valence-corrected chi connectivity index (χ0v) is 47.5. The largest absolute Gasteiger partial charge is 0.504 e. The van der Waals surface area contributed by atoms with Crippen LogP contribution in [0.1, 0.15) is 83.9 Å². The van der Waals surface area contributed by atoms with Gasteiger partial charge < -0.3 is 64.9 Å². The van der Waals surface area contributed by atoms with E-state index in [2.05, 4.69) is 26.6 Å².